The van der Waals surface area contributed by atoms with Gasteiger partial charge in [-0.2, -0.15) is 18.4 Å². The molecule has 0 N–H and O–H groups in total. The fourth-order valence-electron chi connectivity index (χ4n) is 1.89. The van der Waals surface area contributed by atoms with E-state index in [-0.39, 0.29) is 12.2 Å². The first-order valence-electron chi connectivity index (χ1n) is 7.99. The second kappa shape index (κ2) is 8.41. The van der Waals surface area contributed by atoms with E-state index in [0.717, 1.165) is 11.0 Å². The van der Waals surface area contributed by atoms with E-state index in [9.17, 15) is 22.4 Å². The Balaban J connectivity index is 2.92. The van der Waals surface area contributed by atoms with Crippen molar-refractivity contribution in [2.45, 2.75) is 52.0 Å². The third-order valence-corrected chi connectivity index (χ3v) is 3.29. The van der Waals surface area contributed by atoms with E-state index in [2.05, 4.69) is 4.98 Å². The van der Waals surface area contributed by atoms with Gasteiger partial charge in [-0.1, -0.05) is 0 Å². The lowest BCUT2D eigenvalue weighted by Gasteiger charge is -2.27. The van der Waals surface area contributed by atoms with Crippen LogP contribution in [0.25, 0.3) is 0 Å². The summed E-state index contributed by atoms with van der Waals surface area (Å²) in [4.78, 5) is 16.4. The maximum Gasteiger partial charge on any atom is 0.425 e. The molecule has 0 spiro atoms. The zero-order valence-corrected chi connectivity index (χ0v) is 15.6. The summed E-state index contributed by atoms with van der Waals surface area (Å²) in [6, 6.07) is 2.31. The molecule has 0 saturated carbocycles. The number of pyridine rings is 1. The van der Waals surface area contributed by atoms with Crippen molar-refractivity contribution < 1.29 is 31.8 Å². The number of amides is 1. The van der Waals surface area contributed by atoms with Crippen LogP contribution in [0, 0.1) is 24.1 Å². The number of alkyl halides is 3. The number of nitrogens with zero attached hydrogens (tertiary/aromatic N) is 3. The van der Waals surface area contributed by atoms with E-state index in [1.165, 1.54) is 14.0 Å². The molecule has 1 heterocycles. The van der Waals surface area contributed by atoms with Crippen molar-refractivity contribution in [3.8, 4) is 11.9 Å². The highest BCUT2D eigenvalue weighted by atomic mass is 19.4. The molecule has 0 saturated heterocycles. The third-order valence-electron chi connectivity index (χ3n) is 3.29. The van der Waals surface area contributed by atoms with Crippen LogP contribution in [-0.4, -0.2) is 47.5 Å². The molecule has 1 atom stereocenters. The van der Waals surface area contributed by atoms with Crippen molar-refractivity contribution in [2.24, 2.45) is 0 Å². The highest BCUT2D eigenvalue weighted by Crippen LogP contribution is 2.29. The lowest BCUT2D eigenvalue weighted by atomic mass is 10.2. The second-order valence-corrected chi connectivity index (χ2v) is 6.86. The molecule has 1 unspecified atom stereocenters. The Morgan fingerprint density at radius 1 is 1.37 bits per heavy atom. The normalized spacial score (nSPS) is 12.9. The summed E-state index contributed by atoms with van der Waals surface area (Å²) in [5.74, 6) is -1.44. The van der Waals surface area contributed by atoms with E-state index < -0.39 is 47.7 Å². The molecule has 0 aliphatic carbocycles. The van der Waals surface area contributed by atoms with Gasteiger partial charge in [-0.3, -0.25) is 0 Å². The van der Waals surface area contributed by atoms with Crippen molar-refractivity contribution in [1.29, 1.82) is 5.26 Å². The molecule has 10 heteroatoms. The monoisotopic (exact) mass is 391 g/mol. The molecule has 0 aliphatic rings. The molecule has 0 aromatic carbocycles. The Hall–Kier alpha value is -2.57. The van der Waals surface area contributed by atoms with Crippen LogP contribution < -0.4 is 4.74 Å². The molecule has 27 heavy (non-hydrogen) atoms. The van der Waals surface area contributed by atoms with E-state index >= 15 is 0 Å². The van der Waals surface area contributed by atoms with E-state index in [4.69, 9.17) is 14.7 Å². The maximum atomic E-state index is 13.4. The molecule has 0 aliphatic heterocycles. The zero-order valence-electron chi connectivity index (χ0n) is 15.6. The number of ether oxygens (including phenoxy) is 2. The first kappa shape index (κ1) is 22.5. The van der Waals surface area contributed by atoms with Gasteiger partial charge in [0.05, 0.1) is 5.69 Å². The van der Waals surface area contributed by atoms with Crippen LogP contribution >= 0.6 is 0 Å². The zero-order chi connectivity index (χ0) is 21.0. The van der Waals surface area contributed by atoms with Gasteiger partial charge in [0.1, 0.15) is 23.1 Å². The Kier molecular flexibility index (Phi) is 7.00. The number of hydrogen-bond donors (Lipinski definition) is 0. The van der Waals surface area contributed by atoms with Crippen LogP contribution in [0.2, 0.25) is 0 Å². The predicted octanol–water partition coefficient (Wildman–Crippen LogP) is 3.97. The molecule has 1 rings (SSSR count). The van der Waals surface area contributed by atoms with Crippen LogP contribution in [0.5, 0.6) is 5.88 Å². The lowest BCUT2D eigenvalue weighted by Crippen LogP contribution is -2.40. The van der Waals surface area contributed by atoms with Crippen molar-refractivity contribution >= 4 is 6.09 Å². The van der Waals surface area contributed by atoms with Crippen LogP contribution in [0.3, 0.4) is 0 Å². The van der Waals surface area contributed by atoms with Crippen molar-refractivity contribution in [1.82, 2.24) is 9.88 Å². The maximum absolute atomic E-state index is 13.4. The number of aryl methyl sites for hydroxylation is 1. The topological polar surface area (TPSA) is 75.4 Å². The van der Waals surface area contributed by atoms with Crippen molar-refractivity contribution in [2.75, 3.05) is 13.6 Å². The van der Waals surface area contributed by atoms with Gasteiger partial charge in [0, 0.05) is 20.0 Å². The number of hydrogen-bond acceptors (Lipinski definition) is 5. The minimum atomic E-state index is -4.79. The number of halogens is 4. The second-order valence-electron chi connectivity index (χ2n) is 6.86. The molecule has 0 bridgehead atoms. The minimum Gasteiger partial charge on any atom is -0.464 e. The molecule has 150 valence electrons. The predicted molar refractivity (Wildman–Crippen MR) is 87.6 cm³/mol. The number of nitriles is 1. The summed E-state index contributed by atoms with van der Waals surface area (Å²) in [5, 5.41) is 8.96. The number of carbonyl (C=O) groups excluding carboxylic acids is 1. The Bertz CT molecular complexity index is 724. The van der Waals surface area contributed by atoms with Gasteiger partial charge < -0.3 is 14.4 Å². The highest BCUT2D eigenvalue weighted by molar-refractivity contribution is 5.67. The molecule has 6 nitrogen and oxygen atoms in total. The summed E-state index contributed by atoms with van der Waals surface area (Å²) < 4.78 is 63.3. The lowest BCUT2D eigenvalue weighted by molar-refractivity contribution is -0.198. The molecule has 1 aromatic rings. The van der Waals surface area contributed by atoms with Gasteiger partial charge in [0.2, 0.25) is 5.88 Å². The van der Waals surface area contributed by atoms with E-state index in [1.54, 1.807) is 26.8 Å². The fraction of sp³-hybridized carbons (Fsp3) is 0.588. The first-order chi connectivity index (χ1) is 12.2. The minimum absolute atomic E-state index is 0.198. The molecule has 1 aromatic heterocycles. The summed E-state index contributed by atoms with van der Waals surface area (Å²) in [6.45, 7) is 5.81. The largest absolute Gasteiger partial charge is 0.464 e. The van der Waals surface area contributed by atoms with E-state index in [0.29, 0.717) is 0 Å². The highest BCUT2D eigenvalue weighted by Gasteiger charge is 2.42. The van der Waals surface area contributed by atoms with Gasteiger partial charge in [0.25, 0.3) is 0 Å². The fourth-order valence-corrected chi connectivity index (χ4v) is 1.89. The van der Waals surface area contributed by atoms with Crippen LogP contribution in [0.15, 0.2) is 6.07 Å². The number of aromatic nitrogens is 1. The summed E-state index contributed by atoms with van der Waals surface area (Å²) >= 11 is 0. The standard InChI is InChI=1S/C17H21F4N3O3/c1-10-12(18)8-11(9-22)14(23-10)26-13(17(19,20)21)6-7-24(5)15(25)27-16(2,3)4/h8,13H,6-7H2,1-5H3. The molecule has 0 radical (unpaired) electrons. The average molecular weight is 391 g/mol. The Morgan fingerprint density at radius 3 is 2.44 bits per heavy atom. The van der Waals surface area contributed by atoms with Gasteiger partial charge >= 0.3 is 12.3 Å². The van der Waals surface area contributed by atoms with Crippen LogP contribution in [-0.2, 0) is 4.74 Å². The quantitative estimate of drug-likeness (QED) is 0.710. The van der Waals surface area contributed by atoms with Crippen molar-refractivity contribution in [3.05, 3.63) is 23.1 Å². The van der Waals surface area contributed by atoms with Gasteiger partial charge in [-0.25, -0.2) is 14.2 Å². The molecular formula is C17H21F4N3O3. The Labute approximate surface area is 154 Å². The third kappa shape index (κ3) is 6.92. The van der Waals surface area contributed by atoms with Crippen LogP contribution in [0.4, 0.5) is 22.4 Å². The number of rotatable bonds is 5. The Morgan fingerprint density at radius 2 is 1.96 bits per heavy atom. The molecule has 1 amide bonds. The molecular weight excluding hydrogens is 370 g/mol. The SMILES string of the molecule is Cc1nc(OC(CCN(C)C(=O)OC(C)(C)C)C(F)(F)F)c(C#N)cc1F. The van der Waals surface area contributed by atoms with Gasteiger partial charge in [0.15, 0.2) is 6.10 Å². The summed E-state index contributed by atoms with van der Waals surface area (Å²) in [7, 11) is 1.29. The number of carbonyl (C=O) groups is 1. The van der Waals surface area contributed by atoms with Crippen LogP contribution in [0.1, 0.15) is 38.4 Å². The molecule has 0 fully saturated rings. The van der Waals surface area contributed by atoms with Crippen molar-refractivity contribution in [3.63, 3.8) is 0 Å². The van der Waals surface area contributed by atoms with Gasteiger partial charge in [-0.15, -0.1) is 0 Å². The summed E-state index contributed by atoms with van der Waals surface area (Å²) in [5.41, 5.74) is -1.44. The van der Waals surface area contributed by atoms with E-state index in [1.807, 2.05) is 0 Å². The van der Waals surface area contributed by atoms with Gasteiger partial charge in [-0.05, 0) is 33.8 Å². The first-order valence-corrected chi connectivity index (χ1v) is 7.99. The summed E-state index contributed by atoms with van der Waals surface area (Å²) in [6.07, 6.45) is -8.53. The smallest absolute Gasteiger partial charge is 0.425 e. The average Bonchev–Trinajstić information content (AvgIpc) is 2.51.